The largest absolute Gasteiger partial charge is 0.439 e. The van der Waals surface area contributed by atoms with Crippen molar-refractivity contribution in [3.8, 4) is 11.6 Å². The highest BCUT2D eigenvalue weighted by Crippen LogP contribution is 2.41. The minimum Gasteiger partial charge on any atom is -0.365 e. The van der Waals surface area contributed by atoms with Crippen LogP contribution in [0, 0.1) is 17.8 Å². The SMILES string of the molecule is C=C(C1CCC(C)CC1)n1c(N2CCCCC2C)nc2nc(-c3noc(=O)[nH]3)nc(N[C@H](C)C3CCC3)c21. The predicted molar refractivity (Wildman–Crippen MR) is 149 cm³/mol. The van der Waals surface area contributed by atoms with Crippen LogP contribution in [0.15, 0.2) is 15.9 Å². The molecule has 0 spiro atoms. The van der Waals surface area contributed by atoms with Crippen LogP contribution in [0.2, 0.25) is 0 Å². The molecule has 1 saturated heterocycles. The number of nitrogens with zero attached hydrogens (tertiary/aromatic N) is 6. The standard InChI is InChI=1S/C28H40N8O2/c1-16-11-13-21(14-12-16)19(4)36-22-23(29-18(3)20-9-7-10-20)30-25(26-33-28(37)38-34-26)31-24(22)32-27(36)35-15-6-5-8-17(35)2/h16-18,20-21H,4-15H2,1-3H3,(H,29,30,31)(H,33,34,37)/t16?,17?,18-,21?/m1/s1. The van der Waals surface area contributed by atoms with Gasteiger partial charge in [0, 0.05) is 24.3 Å². The summed E-state index contributed by atoms with van der Waals surface area (Å²) in [7, 11) is 0. The zero-order valence-corrected chi connectivity index (χ0v) is 22.9. The van der Waals surface area contributed by atoms with Crippen LogP contribution in [0.1, 0.15) is 85.0 Å². The van der Waals surface area contributed by atoms with E-state index in [0.29, 0.717) is 35.2 Å². The fourth-order valence-electron chi connectivity index (χ4n) is 6.41. The number of anilines is 2. The van der Waals surface area contributed by atoms with Crippen LogP contribution in [0.25, 0.3) is 28.5 Å². The van der Waals surface area contributed by atoms with Gasteiger partial charge in [0.1, 0.15) is 5.52 Å². The summed E-state index contributed by atoms with van der Waals surface area (Å²) in [6.45, 7) is 12.5. The second-order valence-corrected chi connectivity index (χ2v) is 11.9. The average molecular weight is 521 g/mol. The smallest absolute Gasteiger partial charge is 0.365 e. The average Bonchev–Trinajstić information content (AvgIpc) is 3.47. The van der Waals surface area contributed by atoms with E-state index in [1.54, 1.807) is 0 Å². The number of hydrogen-bond acceptors (Lipinski definition) is 8. The van der Waals surface area contributed by atoms with E-state index in [-0.39, 0.29) is 11.9 Å². The molecule has 4 heterocycles. The molecule has 6 rings (SSSR count). The highest BCUT2D eigenvalue weighted by atomic mass is 16.5. The first-order valence-corrected chi connectivity index (χ1v) is 14.5. The molecule has 3 fully saturated rings. The predicted octanol–water partition coefficient (Wildman–Crippen LogP) is 5.45. The monoisotopic (exact) mass is 520 g/mol. The summed E-state index contributed by atoms with van der Waals surface area (Å²) in [6.07, 6.45) is 11.9. The van der Waals surface area contributed by atoms with Crippen molar-refractivity contribution in [2.45, 2.75) is 97.1 Å². The van der Waals surface area contributed by atoms with Gasteiger partial charge in [-0.2, -0.15) is 4.98 Å². The van der Waals surface area contributed by atoms with Gasteiger partial charge in [-0.25, -0.2) is 14.8 Å². The van der Waals surface area contributed by atoms with E-state index in [4.69, 9.17) is 19.5 Å². The van der Waals surface area contributed by atoms with E-state index in [1.807, 2.05) is 0 Å². The number of fused-ring (bicyclic) bond motifs is 1. The molecular weight excluding hydrogens is 480 g/mol. The molecule has 3 aromatic heterocycles. The van der Waals surface area contributed by atoms with Gasteiger partial charge in [0.05, 0.1) is 0 Å². The van der Waals surface area contributed by atoms with E-state index in [2.05, 4.69) is 52.3 Å². The molecule has 0 radical (unpaired) electrons. The Kier molecular flexibility index (Phi) is 6.74. The van der Waals surface area contributed by atoms with Crippen LogP contribution in [0.4, 0.5) is 11.8 Å². The molecule has 2 N–H and O–H groups in total. The Labute approximate surface area is 223 Å². The maximum absolute atomic E-state index is 11.7. The fraction of sp³-hybridized carbons (Fsp3) is 0.679. The first-order valence-electron chi connectivity index (χ1n) is 14.5. The van der Waals surface area contributed by atoms with Crippen molar-refractivity contribution in [2.24, 2.45) is 17.8 Å². The molecule has 204 valence electrons. The first kappa shape index (κ1) is 25.1. The summed E-state index contributed by atoms with van der Waals surface area (Å²) in [5.41, 5.74) is 2.53. The minimum atomic E-state index is -0.630. The van der Waals surface area contributed by atoms with Gasteiger partial charge < -0.3 is 10.2 Å². The number of aromatic amines is 1. The lowest BCUT2D eigenvalue weighted by molar-refractivity contribution is 0.285. The van der Waals surface area contributed by atoms with Crippen molar-refractivity contribution in [3.05, 3.63) is 17.1 Å². The highest BCUT2D eigenvalue weighted by Gasteiger charge is 2.32. The molecule has 3 aromatic rings. The first-order chi connectivity index (χ1) is 18.4. The van der Waals surface area contributed by atoms with Crippen LogP contribution in [-0.4, -0.2) is 48.3 Å². The molecule has 1 unspecified atom stereocenters. The van der Waals surface area contributed by atoms with Crippen molar-refractivity contribution in [2.75, 3.05) is 16.8 Å². The summed E-state index contributed by atoms with van der Waals surface area (Å²) in [5.74, 6) is 3.25. The summed E-state index contributed by atoms with van der Waals surface area (Å²) in [4.78, 5) is 31.6. The Balaban J connectivity index is 1.52. The third kappa shape index (κ3) is 4.62. The lowest BCUT2D eigenvalue weighted by atomic mass is 9.80. The maximum Gasteiger partial charge on any atom is 0.439 e. The molecule has 2 saturated carbocycles. The summed E-state index contributed by atoms with van der Waals surface area (Å²) in [6, 6.07) is 0.624. The Morgan fingerprint density at radius 2 is 1.84 bits per heavy atom. The fourth-order valence-corrected chi connectivity index (χ4v) is 6.41. The third-order valence-electron chi connectivity index (χ3n) is 9.20. The topological polar surface area (TPSA) is 118 Å². The molecule has 3 aliphatic rings. The van der Waals surface area contributed by atoms with Gasteiger partial charge in [-0.1, -0.05) is 37.9 Å². The van der Waals surface area contributed by atoms with Crippen molar-refractivity contribution in [1.82, 2.24) is 29.7 Å². The maximum atomic E-state index is 11.7. The lowest BCUT2D eigenvalue weighted by Crippen LogP contribution is -2.39. The normalized spacial score (nSPS) is 25.3. The zero-order valence-electron chi connectivity index (χ0n) is 22.9. The van der Waals surface area contributed by atoms with Gasteiger partial charge in [-0.3, -0.25) is 14.1 Å². The number of hydrogen-bond donors (Lipinski definition) is 2. The number of allylic oxidation sites excluding steroid dienone is 1. The molecule has 10 nitrogen and oxygen atoms in total. The van der Waals surface area contributed by atoms with Crippen LogP contribution in [-0.2, 0) is 0 Å². The van der Waals surface area contributed by atoms with E-state index < -0.39 is 5.76 Å². The number of piperidine rings is 1. The Bertz CT molecular complexity index is 1360. The van der Waals surface area contributed by atoms with Crippen LogP contribution < -0.4 is 16.0 Å². The van der Waals surface area contributed by atoms with Gasteiger partial charge in [0.25, 0.3) is 0 Å². The zero-order chi connectivity index (χ0) is 26.4. The third-order valence-corrected chi connectivity index (χ3v) is 9.20. The number of aromatic nitrogens is 6. The van der Waals surface area contributed by atoms with E-state index in [1.165, 1.54) is 38.5 Å². The molecule has 1 aliphatic heterocycles. The molecule has 38 heavy (non-hydrogen) atoms. The van der Waals surface area contributed by atoms with Gasteiger partial charge in [0.15, 0.2) is 11.5 Å². The quantitative estimate of drug-likeness (QED) is 0.422. The van der Waals surface area contributed by atoms with Crippen LogP contribution in [0.3, 0.4) is 0 Å². The Morgan fingerprint density at radius 1 is 1.05 bits per heavy atom. The van der Waals surface area contributed by atoms with Crippen molar-refractivity contribution in [3.63, 3.8) is 0 Å². The number of imidazole rings is 1. The number of H-pyrrole nitrogens is 1. The van der Waals surface area contributed by atoms with Crippen LogP contribution in [0.5, 0.6) is 0 Å². The van der Waals surface area contributed by atoms with Gasteiger partial charge in [0.2, 0.25) is 17.6 Å². The van der Waals surface area contributed by atoms with Crippen LogP contribution >= 0.6 is 0 Å². The Morgan fingerprint density at radius 3 is 2.50 bits per heavy atom. The molecular formula is C28H40N8O2. The Hall–Kier alpha value is -3.17. The van der Waals surface area contributed by atoms with Gasteiger partial charge >= 0.3 is 5.76 Å². The molecule has 0 aromatic carbocycles. The lowest BCUT2D eigenvalue weighted by Gasteiger charge is -2.36. The summed E-state index contributed by atoms with van der Waals surface area (Å²) in [5, 5.41) is 7.58. The van der Waals surface area contributed by atoms with E-state index in [0.717, 1.165) is 55.3 Å². The molecule has 0 amide bonds. The van der Waals surface area contributed by atoms with Crippen molar-refractivity contribution < 1.29 is 4.52 Å². The van der Waals surface area contributed by atoms with Gasteiger partial charge in [-0.15, -0.1) is 0 Å². The second-order valence-electron chi connectivity index (χ2n) is 11.9. The number of nitrogens with one attached hydrogen (secondary N) is 2. The van der Waals surface area contributed by atoms with E-state index >= 15 is 0 Å². The minimum absolute atomic E-state index is 0.207. The van der Waals surface area contributed by atoms with E-state index in [9.17, 15) is 4.79 Å². The highest BCUT2D eigenvalue weighted by molar-refractivity contribution is 5.91. The summed E-state index contributed by atoms with van der Waals surface area (Å²) >= 11 is 0. The molecule has 2 atom stereocenters. The van der Waals surface area contributed by atoms with Crippen molar-refractivity contribution >= 4 is 28.6 Å². The summed E-state index contributed by atoms with van der Waals surface area (Å²) < 4.78 is 7.02. The molecule has 2 aliphatic carbocycles. The molecule has 0 bridgehead atoms. The second kappa shape index (κ2) is 10.2. The molecule has 10 heteroatoms. The van der Waals surface area contributed by atoms with Crippen molar-refractivity contribution in [1.29, 1.82) is 0 Å². The number of rotatable bonds is 7. The van der Waals surface area contributed by atoms with Gasteiger partial charge in [-0.05, 0) is 76.5 Å².